The van der Waals surface area contributed by atoms with E-state index in [-0.39, 0.29) is 19.6 Å². The van der Waals surface area contributed by atoms with Gasteiger partial charge in [-0.3, -0.25) is 4.79 Å². The first-order chi connectivity index (χ1) is 14.6. The Bertz CT molecular complexity index is 1090. The highest BCUT2D eigenvalue weighted by molar-refractivity contribution is 5.81. The largest absolute Gasteiger partial charge is 0.467 e. The van der Waals surface area contributed by atoms with E-state index in [1.807, 2.05) is 0 Å². The Morgan fingerprint density at radius 2 is 1.87 bits per heavy atom. The molecule has 2 heterocycles. The number of fused-ring (bicyclic) bond motifs is 1. The molecule has 1 aromatic heterocycles. The maximum absolute atomic E-state index is 12.6. The number of carbonyl (C=O) groups excluding carboxylic acids is 2. The summed E-state index contributed by atoms with van der Waals surface area (Å²) in [5, 5.41) is 2.51. The molecule has 1 aliphatic heterocycles. The van der Waals surface area contributed by atoms with Gasteiger partial charge in [0.15, 0.2) is 0 Å². The molecule has 0 fully saturated rings. The van der Waals surface area contributed by atoms with Crippen LogP contribution >= 0.6 is 0 Å². The molecule has 0 aliphatic carbocycles. The van der Waals surface area contributed by atoms with Gasteiger partial charge in [0.1, 0.15) is 11.6 Å². The van der Waals surface area contributed by atoms with Crippen LogP contribution in [0.25, 0.3) is 5.69 Å². The second kappa shape index (κ2) is 8.76. The summed E-state index contributed by atoms with van der Waals surface area (Å²) in [5.74, 6) is -0.624. The van der Waals surface area contributed by atoms with Crippen LogP contribution in [0.3, 0.4) is 0 Å². The lowest BCUT2D eigenvalue weighted by molar-refractivity contribution is -0.143. The zero-order valence-corrected chi connectivity index (χ0v) is 17.8. The number of aromatic nitrogens is 2. The zero-order chi connectivity index (χ0) is 22.8. The van der Waals surface area contributed by atoms with Gasteiger partial charge in [0, 0.05) is 6.42 Å². The third-order valence-electron chi connectivity index (χ3n) is 4.59. The molecular weight excluding hydrogens is 406 g/mol. The predicted octanol–water partition coefficient (Wildman–Crippen LogP) is 1.16. The summed E-state index contributed by atoms with van der Waals surface area (Å²) in [6, 6.07) is 5.55. The van der Waals surface area contributed by atoms with Crippen molar-refractivity contribution >= 4 is 12.1 Å². The number of esters is 1. The molecule has 10 heteroatoms. The minimum absolute atomic E-state index is 0.134. The number of H-pyrrole nitrogens is 1. The van der Waals surface area contributed by atoms with Crippen LogP contribution in [0.1, 0.15) is 37.6 Å². The molecule has 10 nitrogen and oxygen atoms in total. The third-order valence-corrected chi connectivity index (χ3v) is 4.59. The van der Waals surface area contributed by atoms with Crippen molar-refractivity contribution in [3.05, 3.63) is 61.9 Å². The third kappa shape index (κ3) is 5.21. The van der Waals surface area contributed by atoms with Crippen LogP contribution in [0, 0.1) is 0 Å². The summed E-state index contributed by atoms with van der Waals surface area (Å²) >= 11 is 0. The molecule has 0 saturated heterocycles. The van der Waals surface area contributed by atoms with Gasteiger partial charge in [-0.1, -0.05) is 12.1 Å². The molecule has 1 aliphatic rings. The number of hydrogen-bond donors (Lipinski definition) is 2. The van der Waals surface area contributed by atoms with Gasteiger partial charge in [-0.2, -0.15) is 0 Å². The summed E-state index contributed by atoms with van der Waals surface area (Å²) in [4.78, 5) is 51.8. The number of ether oxygens (including phenoxy) is 3. The van der Waals surface area contributed by atoms with E-state index >= 15 is 0 Å². The van der Waals surface area contributed by atoms with Crippen molar-refractivity contribution in [3.63, 3.8) is 0 Å². The second-order valence-corrected chi connectivity index (χ2v) is 8.11. The number of methoxy groups -OCH3 is 1. The average Bonchev–Trinajstić information content (AvgIpc) is 3.15. The maximum Gasteiger partial charge on any atom is 0.408 e. The van der Waals surface area contributed by atoms with Crippen molar-refractivity contribution < 1.29 is 23.8 Å². The lowest BCUT2D eigenvalue weighted by Gasteiger charge is -2.22. The van der Waals surface area contributed by atoms with E-state index in [0.717, 1.165) is 4.57 Å². The van der Waals surface area contributed by atoms with E-state index in [1.54, 1.807) is 45.0 Å². The van der Waals surface area contributed by atoms with Crippen LogP contribution < -0.4 is 16.6 Å². The molecule has 166 valence electrons. The Kier molecular flexibility index (Phi) is 6.30. The van der Waals surface area contributed by atoms with Crippen molar-refractivity contribution in [1.29, 1.82) is 0 Å². The maximum atomic E-state index is 12.6. The number of hydrogen-bond acceptors (Lipinski definition) is 7. The summed E-state index contributed by atoms with van der Waals surface area (Å²) in [6.07, 6.45) is -0.604. The van der Waals surface area contributed by atoms with Crippen molar-refractivity contribution in [2.45, 2.75) is 52.0 Å². The first-order valence-electron chi connectivity index (χ1n) is 9.70. The minimum atomic E-state index is -0.964. The van der Waals surface area contributed by atoms with Crippen molar-refractivity contribution in [2.75, 3.05) is 7.11 Å². The average molecular weight is 431 g/mol. The fourth-order valence-corrected chi connectivity index (χ4v) is 3.18. The van der Waals surface area contributed by atoms with E-state index in [4.69, 9.17) is 14.2 Å². The molecule has 1 amide bonds. The normalized spacial score (nSPS) is 13.9. The molecule has 0 saturated carbocycles. The zero-order valence-electron chi connectivity index (χ0n) is 17.8. The molecule has 0 unspecified atom stereocenters. The summed E-state index contributed by atoms with van der Waals surface area (Å²) in [5.41, 5.74) is 0.286. The van der Waals surface area contributed by atoms with Gasteiger partial charge >= 0.3 is 17.8 Å². The summed E-state index contributed by atoms with van der Waals surface area (Å²) < 4.78 is 16.2. The van der Waals surface area contributed by atoms with Crippen LogP contribution in [0.15, 0.2) is 33.9 Å². The first kappa shape index (κ1) is 22.3. The smallest absolute Gasteiger partial charge is 0.408 e. The summed E-state index contributed by atoms with van der Waals surface area (Å²) in [6.45, 7) is 5.51. The number of benzene rings is 1. The molecule has 3 rings (SSSR count). The van der Waals surface area contributed by atoms with Crippen molar-refractivity contribution in [2.24, 2.45) is 0 Å². The number of rotatable bonds is 5. The lowest BCUT2D eigenvalue weighted by Crippen LogP contribution is -2.45. The van der Waals surface area contributed by atoms with Gasteiger partial charge in [0.25, 0.3) is 5.56 Å². The van der Waals surface area contributed by atoms with Gasteiger partial charge in [-0.15, -0.1) is 0 Å². The van der Waals surface area contributed by atoms with Gasteiger partial charge < -0.3 is 24.5 Å². The van der Waals surface area contributed by atoms with Crippen LogP contribution in [0.2, 0.25) is 0 Å². The molecule has 1 aromatic carbocycles. The Morgan fingerprint density at radius 1 is 1.19 bits per heavy atom. The van der Waals surface area contributed by atoms with Crippen molar-refractivity contribution in [1.82, 2.24) is 14.9 Å². The highest BCUT2D eigenvalue weighted by Gasteiger charge is 2.25. The monoisotopic (exact) mass is 431 g/mol. The number of nitrogens with one attached hydrogen (secondary N) is 2. The Hall–Kier alpha value is -3.40. The van der Waals surface area contributed by atoms with E-state index in [1.165, 1.54) is 7.11 Å². The molecule has 1 atom stereocenters. The fourth-order valence-electron chi connectivity index (χ4n) is 3.18. The van der Waals surface area contributed by atoms with Crippen LogP contribution in [0.4, 0.5) is 4.79 Å². The minimum Gasteiger partial charge on any atom is -0.467 e. The van der Waals surface area contributed by atoms with E-state index in [9.17, 15) is 19.2 Å². The first-order valence-corrected chi connectivity index (χ1v) is 9.70. The van der Waals surface area contributed by atoms with Gasteiger partial charge in [-0.25, -0.2) is 19.0 Å². The van der Waals surface area contributed by atoms with Gasteiger partial charge in [-0.05, 0) is 38.5 Å². The molecule has 31 heavy (non-hydrogen) atoms. The second-order valence-electron chi connectivity index (χ2n) is 8.11. The Labute approximate surface area is 178 Å². The van der Waals surface area contributed by atoms with E-state index < -0.39 is 35.0 Å². The predicted molar refractivity (Wildman–Crippen MR) is 110 cm³/mol. The molecule has 0 bridgehead atoms. The number of carbonyl (C=O) groups is 2. The topological polar surface area (TPSA) is 129 Å². The van der Waals surface area contributed by atoms with Gasteiger partial charge in [0.05, 0.1) is 37.3 Å². The quantitative estimate of drug-likeness (QED) is 0.680. The SMILES string of the molecule is COC(=O)[C@H](Cc1ccc(-n2c(=O)[nH]c3c(c2=O)COC3)cc1)NC(=O)OC(C)(C)C. The highest BCUT2D eigenvalue weighted by atomic mass is 16.6. The van der Waals surface area contributed by atoms with Crippen molar-refractivity contribution in [3.8, 4) is 5.69 Å². The molecule has 0 spiro atoms. The van der Waals surface area contributed by atoms with E-state index in [0.29, 0.717) is 22.5 Å². The highest BCUT2D eigenvalue weighted by Crippen LogP contribution is 2.14. The standard InChI is InChI=1S/C21H25N3O7/c1-21(2,3)31-20(28)23-15(18(26)29-4)9-12-5-7-13(8-6-12)24-17(25)14-10-30-11-16(14)22-19(24)27/h5-8,15H,9-11H2,1-4H3,(H,22,27)(H,23,28)/t15-/m0/s1. The van der Waals surface area contributed by atoms with Gasteiger partial charge in [0.2, 0.25) is 0 Å². The Balaban J connectivity index is 1.80. The molecule has 0 radical (unpaired) electrons. The molecule has 2 aromatic rings. The van der Waals surface area contributed by atoms with Crippen LogP contribution in [-0.2, 0) is 38.6 Å². The number of amides is 1. The summed E-state index contributed by atoms with van der Waals surface area (Å²) in [7, 11) is 1.23. The number of aromatic amines is 1. The fraction of sp³-hybridized carbons (Fsp3) is 0.429. The molecule has 2 N–H and O–H groups in total. The number of nitrogens with zero attached hydrogens (tertiary/aromatic N) is 1. The lowest BCUT2D eigenvalue weighted by atomic mass is 10.1. The number of alkyl carbamates (subject to hydrolysis) is 1. The molecular formula is C21H25N3O7. The van der Waals surface area contributed by atoms with Crippen LogP contribution in [-0.4, -0.2) is 40.4 Å². The Morgan fingerprint density at radius 3 is 2.48 bits per heavy atom. The van der Waals surface area contributed by atoms with Crippen LogP contribution in [0.5, 0.6) is 0 Å². The van der Waals surface area contributed by atoms with E-state index in [2.05, 4.69) is 10.3 Å².